The van der Waals surface area contributed by atoms with Crippen LogP contribution in [0.4, 0.5) is 5.69 Å². The van der Waals surface area contributed by atoms with Crippen LogP contribution in [0, 0.1) is 0 Å². The van der Waals surface area contributed by atoms with Crippen LogP contribution in [0.3, 0.4) is 0 Å². The fourth-order valence-electron chi connectivity index (χ4n) is 4.33. The van der Waals surface area contributed by atoms with Crippen LogP contribution >= 0.6 is 11.6 Å². The van der Waals surface area contributed by atoms with Gasteiger partial charge in [0.05, 0.1) is 5.69 Å². The summed E-state index contributed by atoms with van der Waals surface area (Å²) >= 11 is 5.94. The minimum Gasteiger partial charge on any atom is -0.489 e. The first-order valence-corrected chi connectivity index (χ1v) is 10.7. The van der Waals surface area contributed by atoms with Crippen molar-refractivity contribution in [3.05, 3.63) is 53.6 Å². The third-order valence-corrected chi connectivity index (χ3v) is 6.01. The molecule has 0 radical (unpaired) electrons. The molecule has 160 valence electrons. The summed E-state index contributed by atoms with van der Waals surface area (Å²) in [6.45, 7) is 3.13. The molecule has 6 nitrogen and oxygen atoms in total. The highest BCUT2D eigenvalue weighted by atomic mass is 35.5. The molecule has 2 aromatic rings. The Morgan fingerprint density at radius 3 is 2.63 bits per heavy atom. The van der Waals surface area contributed by atoms with E-state index >= 15 is 0 Å². The number of aliphatic hydroxyl groups is 1. The molecule has 4 atom stereocenters. The number of likely N-dealkylation sites (tertiary alicyclic amines) is 1. The van der Waals surface area contributed by atoms with Gasteiger partial charge in [-0.25, -0.2) is 0 Å². The number of carbonyl (C=O) groups is 1. The molecule has 1 unspecified atom stereocenters. The average molecular weight is 431 g/mol. The zero-order chi connectivity index (χ0) is 21.1. The smallest absolute Gasteiger partial charge is 0.221 e. The summed E-state index contributed by atoms with van der Waals surface area (Å²) in [5, 5.41) is 14.4. The number of nitrogens with zero attached hydrogens (tertiary/aromatic N) is 1. The van der Waals surface area contributed by atoms with E-state index in [9.17, 15) is 9.90 Å². The molecule has 2 aromatic carbocycles. The molecular weight excluding hydrogens is 404 g/mol. The van der Waals surface area contributed by atoms with Crippen molar-refractivity contribution in [2.45, 2.75) is 50.5 Å². The van der Waals surface area contributed by atoms with Gasteiger partial charge in [-0.1, -0.05) is 23.7 Å². The molecule has 2 fully saturated rings. The maximum Gasteiger partial charge on any atom is 0.221 e. The minimum absolute atomic E-state index is 0.0433. The van der Waals surface area contributed by atoms with E-state index in [1.165, 1.54) is 6.92 Å². The first-order chi connectivity index (χ1) is 14.5. The highest BCUT2D eigenvalue weighted by molar-refractivity contribution is 6.30. The van der Waals surface area contributed by atoms with Gasteiger partial charge in [0.1, 0.15) is 29.8 Å². The van der Waals surface area contributed by atoms with Crippen molar-refractivity contribution in [2.24, 2.45) is 0 Å². The number of ether oxygens (including phenoxy) is 2. The Morgan fingerprint density at radius 1 is 1.10 bits per heavy atom. The molecule has 1 amide bonds. The van der Waals surface area contributed by atoms with E-state index in [0.717, 1.165) is 38.1 Å². The van der Waals surface area contributed by atoms with Gasteiger partial charge in [-0.2, -0.15) is 0 Å². The number of rotatable bonds is 6. The topological polar surface area (TPSA) is 71.0 Å². The number of aliphatic hydroxyl groups excluding tert-OH is 1. The molecule has 1 heterocycles. The molecule has 4 rings (SSSR count). The maximum absolute atomic E-state index is 11.4. The summed E-state index contributed by atoms with van der Waals surface area (Å²) < 4.78 is 12.2. The monoisotopic (exact) mass is 430 g/mol. The standard InChI is InChI=1S/C23H27ClN2O4/c1-15(27)25-19-4-2-3-5-21(19)30-22-11-10-20(23(22)28)26-13-12-18(14-26)29-17-8-6-16(24)7-9-17/h2-9,18,20,22-23,28H,10-14H2,1H3,(H,25,27)/t18?,20-,22+,23-/m1/s1. The number of para-hydroxylation sites is 2. The highest BCUT2D eigenvalue weighted by Gasteiger charge is 2.42. The first kappa shape index (κ1) is 21.0. The molecule has 0 aromatic heterocycles. The number of benzene rings is 2. The Morgan fingerprint density at radius 2 is 1.87 bits per heavy atom. The largest absolute Gasteiger partial charge is 0.489 e. The van der Waals surface area contributed by atoms with Crippen LogP contribution in [0.15, 0.2) is 48.5 Å². The van der Waals surface area contributed by atoms with Gasteiger partial charge in [0, 0.05) is 31.1 Å². The summed E-state index contributed by atoms with van der Waals surface area (Å²) in [5.74, 6) is 1.25. The van der Waals surface area contributed by atoms with Gasteiger partial charge in [-0.3, -0.25) is 9.69 Å². The van der Waals surface area contributed by atoms with Crippen LogP contribution in [0.25, 0.3) is 0 Å². The van der Waals surface area contributed by atoms with Crippen LogP contribution in [-0.4, -0.2) is 53.4 Å². The summed E-state index contributed by atoms with van der Waals surface area (Å²) in [7, 11) is 0. The zero-order valence-electron chi connectivity index (χ0n) is 17.0. The second-order valence-corrected chi connectivity index (χ2v) is 8.38. The number of carbonyl (C=O) groups excluding carboxylic acids is 1. The van der Waals surface area contributed by atoms with Crippen LogP contribution < -0.4 is 14.8 Å². The van der Waals surface area contributed by atoms with Crippen molar-refractivity contribution in [3.8, 4) is 11.5 Å². The Kier molecular flexibility index (Phi) is 6.46. The number of halogens is 1. The number of amides is 1. The van der Waals surface area contributed by atoms with E-state index in [2.05, 4.69) is 10.2 Å². The SMILES string of the molecule is CC(=O)Nc1ccccc1O[C@H]1CC[C@@H](N2CCC(Oc3ccc(Cl)cc3)C2)[C@H]1O. The normalized spacial score (nSPS) is 26.5. The van der Waals surface area contributed by atoms with Gasteiger partial charge in [-0.05, 0) is 55.7 Å². The molecule has 1 aliphatic heterocycles. The average Bonchev–Trinajstić information content (AvgIpc) is 3.32. The number of hydrogen-bond acceptors (Lipinski definition) is 5. The van der Waals surface area contributed by atoms with E-state index in [0.29, 0.717) is 16.5 Å². The van der Waals surface area contributed by atoms with E-state index in [4.69, 9.17) is 21.1 Å². The fourth-order valence-corrected chi connectivity index (χ4v) is 4.46. The van der Waals surface area contributed by atoms with E-state index in [-0.39, 0.29) is 24.2 Å². The second kappa shape index (κ2) is 9.25. The van der Waals surface area contributed by atoms with Gasteiger partial charge in [0.15, 0.2) is 0 Å². The van der Waals surface area contributed by atoms with Crippen LogP contribution in [0.1, 0.15) is 26.2 Å². The summed E-state index contributed by atoms with van der Waals surface area (Å²) in [4.78, 5) is 13.7. The number of anilines is 1. The molecule has 30 heavy (non-hydrogen) atoms. The van der Waals surface area contributed by atoms with Crippen molar-refractivity contribution in [1.29, 1.82) is 0 Å². The third kappa shape index (κ3) is 4.89. The Labute approximate surface area is 181 Å². The molecule has 0 bridgehead atoms. The van der Waals surface area contributed by atoms with Crippen molar-refractivity contribution in [2.75, 3.05) is 18.4 Å². The van der Waals surface area contributed by atoms with E-state index in [1.807, 2.05) is 42.5 Å². The number of nitrogens with one attached hydrogen (secondary N) is 1. The van der Waals surface area contributed by atoms with Gasteiger partial charge in [-0.15, -0.1) is 0 Å². The van der Waals surface area contributed by atoms with Gasteiger partial charge in [0.2, 0.25) is 5.91 Å². The minimum atomic E-state index is -0.593. The summed E-state index contributed by atoms with van der Waals surface area (Å²) in [6, 6.07) is 14.8. The lowest BCUT2D eigenvalue weighted by molar-refractivity contribution is -0.114. The second-order valence-electron chi connectivity index (χ2n) is 7.95. The predicted octanol–water partition coefficient (Wildman–Crippen LogP) is 3.72. The lowest BCUT2D eigenvalue weighted by Crippen LogP contribution is -2.44. The van der Waals surface area contributed by atoms with Crippen molar-refractivity contribution >= 4 is 23.2 Å². The van der Waals surface area contributed by atoms with Gasteiger partial charge in [0.25, 0.3) is 0 Å². The quantitative estimate of drug-likeness (QED) is 0.730. The van der Waals surface area contributed by atoms with Gasteiger partial charge < -0.3 is 19.9 Å². The molecular formula is C23H27ClN2O4. The van der Waals surface area contributed by atoms with Crippen LogP contribution in [0.5, 0.6) is 11.5 Å². The first-order valence-electron chi connectivity index (χ1n) is 10.4. The molecule has 1 aliphatic carbocycles. The van der Waals surface area contributed by atoms with Crippen molar-refractivity contribution in [3.63, 3.8) is 0 Å². The number of hydrogen-bond donors (Lipinski definition) is 2. The predicted molar refractivity (Wildman–Crippen MR) is 116 cm³/mol. The molecule has 1 saturated carbocycles. The summed E-state index contributed by atoms with van der Waals surface area (Å²) in [5.41, 5.74) is 0.623. The van der Waals surface area contributed by atoms with Crippen molar-refractivity contribution < 1.29 is 19.4 Å². The van der Waals surface area contributed by atoms with Crippen LogP contribution in [0.2, 0.25) is 5.02 Å². The van der Waals surface area contributed by atoms with E-state index < -0.39 is 6.10 Å². The molecule has 7 heteroatoms. The fraction of sp³-hybridized carbons (Fsp3) is 0.435. The lowest BCUT2D eigenvalue weighted by atomic mass is 10.1. The lowest BCUT2D eigenvalue weighted by Gasteiger charge is -2.28. The Bertz CT molecular complexity index is 876. The van der Waals surface area contributed by atoms with Gasteiger partial charge >= 0.3 is 0 Å². The van der Waals surface area contributed by atoms with E-state index in [1.54, 1.807) is 6.07 Å². The Balaban J connectivity index is 1.34. The molecule has 2 N–H and O–H groups in total. The highest BCUT2D eigenvalue weighted by Crippen LogP contribution is 2.34. The molecule has 2 aliphatic rings. The van der Waals surface area contributed by atoms with Crippen molar-refractivity contribution in [1.82, 2.24) is 4.90 Å². The Hall–Kier alpha value is -2.28. The van der Waals surface area contributed by atoms with Crippen LogP contribution in [-0.2, 0) is 4.79 Å². The third-order valence-electron chi connectivity index (χ3n) is 5.76. The maximum atomic E-state index is 11.4. The zero-order valence-corrected chi connectivity index (χ0v) is 17.7. The molecule has 0 spiro atoms. The molecule has 1 saturated heterocycles. The summed E-state index contributed by atoms with van der Waals surface area (Å²) in [6.07, 6.45) is 1.74.